The summed E-state index contributed by atoms with van der Waals surface area (Å²) in [6.45, 7) is 2.27. The first-order valence-electron chi connectivity index (χ1n) is 8.35. The molecular weight excluding hydrogens is 276 g/mol. The zero-order valence-electron chi connectivity index (χ0n) is 13.4. The maximum Gasteiger partial charge on any atom is 0.0809 e. The summed E-state index contributed by atoms with van der Waals surface area (Å²) in [4.78, 5) is 4.56. The van der Waals surface area contributed by atoms with E-state index in [1.165, 1.54) is 61.6 Å². The van der Waals surface area contributed by atoms with E-state index >= 15 is 0 Å². The van der Waals surface area contributed by atoms with Crippen LogP contribution in [-0.2, 0) is 0 Å². The van der Waals surface area contributed by atoms with Gasteiger partial charge in [0, 0.05) is 12.2 Å². The van der Waals surface area contributed by atoms with E-state index in [4.69, 9.17) is 0 Å². The smallest absolute Gasteiger partial charge is 0.0809 e. The van der Waals surface area contributed by atoms with Crippen LogP contribution >= 0.6 is 11.3 Å². The van der Waals surface area contributed by atoms with Gasteiger partial charge in [0.05, 0.1) is 10.2 Å². The van der Waals surface area contributed by atoms with E-state index in [1.54, 1.807) is 11.3 Å². The Morgan fingerprint density at radius 3 is 2.67 bits per heavy atom. The van der Waals surface area contributed by atoms with Crippen molar-refractivity contribution < 1.29 is 0 Å². The highest BCUT2D eigenvalue weighted by atomic mass is 32.1. The number of rotatable bonds is 10. The van der Waals surface area contributed by atoms with Crippen LogP contribution in [0.4, 0.5) is 0 Å². The van der Waals surface area contributed by atoms with Gasteiger partial charge in [0.15, 0.2) is 0 Å². The van der Waals surface area contributed by atoms with Crippen LogP contribution in [0.15, 0.2) is 23.7 Å². The van der Waals surface area contributed by atoms with Crippen LogP contribution in [0, 0.1) is 0 Å². The minimum Gasteiger partial charge on any atom is -0.313 e. The van der Waals surface area contributed by atoms with Crippen molar-refractivity contribution in [3.63, 3.8) is 0 Å². The highest BCUT2D eigenvalue weighted by Gasteiger charge is 2.10. The van der Waals surface area contributed by atoms with Gasteiger partial charge in [-0.25, -0.2) is 0 Å². The zero-order valence-corrected chi connectivity index (χ0v) is 14.2. The SMILES string of the molecule is CCCCCCCCCC(NC)c1cnc2ccsc2c1. The Balaban J connectivity index is 1.77. The third-order valence-electron chi connectivity index (χ3n) is 4.17. The molecule has 21 heavy (non-hydrogen) atoms. The highest BCUT2D eigenvalue weighted by molar-refractivity contribution is 7.17. The molecule has 0 aromatic carbocycles. The minimum absolute atomic E-state index is 0.444. The minimum atomic E-state index is 0.444. The number of nitrogens with one attached hydrogen (secondary N) is 1. The van der Waals surface area contributed by atoms with E-state index < -0.39 is 0 Å². The second-order valence-corrected chi connectivity index (χ2v) is 6.77. The lowest BCUT2D eigenvalue weighted by Gasteiger charge is -2.16. The lowest BCUT2D eigenvalue weighted by molar-refractivity contribution is 0.495. The van der Waals surface area contributed by atoms with E-state index in [0.29, 0.717) is 6.04 Å². The lowest BCUT2D eigenvalue weighted by atomic mass is 10.0. The fraction of sp³-hybridized carbons (Fsp3) is 0.611. The number of hydrogen-bond acceptors (Lipinski definition) is 3. The predicted molar refractivity (Wildman–Crippen MR) is 94.0 cm³/mol. The molecule has 0 aliphatic rings. The standard InChI is InChI=1S/C18H28N2S/c1-3-4-5-6-7-8-9-10-16(19-2)15-13-18-17(20-14-15)11-12-21-18/h11-14,16,19H,3-10H2,1-2H3. The largest absolute Gasteiger partial charge is 0.313 e. The topological polar surface area (TPSA) is 24.9 Å². The molecule has 2 heterocycles. The summed E-state index contributed by atoms with van der Waals surface area (Å²) in [5.41, 5.74) is 2.45. The molecule has 0 bridgehead atoms. The Bertz CT molecular complexity index is 521. The Hall–Kier alpha value is -0.930. The molecule has 3 heteroatoms. The molecule has 2 aromatic rings. The van der Waals surface area contributed by atoms with Gasteiger partial charge in [-0.3, -0.25) is 4.98 Å². The summed E-state index contributed by atoms with van der Waals surface area (Å²) in [5.74, 6) is 0. The third-order valence-corrected chi connectivity index (χ3v) is 5.02. The first-order valence-corrected chi connectivity index (χ1v) is 9.23. The molecule has 1 N–H and O–H groups in total. The van der Waals surface area contributed by atoms with Gasteiger partial charge in [0.1, 0.15) is 0 Å². The molecule has 116 valence electrons. The molecule has 0 aliphatic heterocycles. The van der Waals surface area contributed by atoms with Gasteiger partial charge in [0.2, 0.25) is 0 Å². The van der Waals surface area contributed by atoms with E-state index in [9.17, 15) is 0 Å². The molecule has 0 saturated heterocycles. The zero-order chi connectivity index (χ0) is 14.9. The van der Waals surface area contributed by atoms with Gasteiger partial charge in [-0.1, -0.05) is 51.9 Å². The van der Waals surface area contributed by atoms with Crippen LogP contribution in [0.2, 0.25) is 0 Å². The number of hydrogen-bond donors (Lipinski definition) is 1. The lowest BCUT2D eigenvalue weighted by Crippen LogP contribution is -2.16. The van der Waals surface area contributed by atoms with Gasteiger partial charge in [-0.2, -0.15) is 0 Å². The molecule has 1 unspecified atom stereocenters. The van der Waals surface area contributed by atoms with Crippen LogP contribution < -0.4 is 5.32 Å². The number of aromatic nitrogens is 1. The van der Waals surface area contributed by atoms with Crippen LogP contribution in [0.3, 0.4) is 0 Å². The summed E-state index contributed by atoms with van der Waals surface area (Å²) in [7, 11) is 2.06. The fourth-order valence-corrected chi connectivity index (χ4v) is 3.62. The van der Waals surface area contributed by atoms with E-state index in [-0.39, 0.29) is 0 Å². The molecule has 0 saturated carbocycles. The predicted octanol–water partition coefficient (Wildman–Crippen LogP) is 5.70. The normalized spacial score (nSPS) is 12.9. The molecule has 2 aromatic heterocycles. The molecule has 0 radical (unpaired) electrons. The molecule has 2 rings (SSSR count). The van der Waals surface area contributed by atoms with Crippen molar-refractivity contribution in [3.05, 3.63) is 29.3 Å². The molecular formula is C18H28N2S. The first-order chi connectivity index (χ1) is 10.3. The van der Waals surface area contributed by atoms with Crippen LogP contribution in [-0.4, -0.2) is 12.0 Å². The highest BCUT2D eigenvalue weighted by Crippen LogP contribution is 2.25. The van der Waals surface area contributed by atoms with E-state index in [0.717, 1.165) is 5.52 Å². The van der Waals surface area contributed by atoms with Crippen LogP contribution in [0.1, 0.15) is 69.9 Å². The van der Waals surface area contributed by atoms with E-state index in [1.807, 2.05) is 6.20 Å². The average molecular weight is 305 g/mol. The first kappa shape index (κ1) is 16.4. The van der Waals surface area contributed by atoms with Crippen molar-refractivity contribution >= 4 is 21.6 Å². The molecule has 0 spiro atoms. The van der Waals surface area contributed by atoms with Crippen molar-refractivity contribution in [1.29, 1.82) is 0 Å². The van der Waals surface area contributed by atoms with Gasteiger partial charge < -0.3 is 5.32 Å². The van der Waals surface area contributed by atoms with Crippen molar-refractivity contribution in [2.75, 3.05) is 7.05 Å². The second-order valence-electron chi connectivity index (χ2n) is 5.82. The molecule has 2 nitrogen and oxygen atoms in total. The monoisotopic (exact) mass is 304 g/mol. The Kier molecular flexibility index (Phi) is 7.17. The number of nitrogens with zero attached hydrogens (tertiary/aromatic N) is 1. The van der Waals surface area contributed by atoms with Gasteiger partial charge in [0.25, 0.3) is 0 Å². The van der Waals surface area contributed by atoms with E-state index in [2.05, 4.69) is 41.8 Å². The van der Waals surface area contributed by atoms with Crippen molar-refractivity contribution in [3.8, 4) is 0 Å². The molecule has 0 fully saturated rings. The number of unbranched alkanes of at least 4 members (excludes halogenated alkanes) is 6. The molecule has 0 amide bonds. The number of pyridine rings is 1. The quantitative estimate of drug-likeness (QED) is 0.570. The Labute approximate surface area is 133 Å². The Morgan fingerprint density at radius 2 is 1.90 bits per heavy atom. The number of thiophene rings is 1. The van der Waals surface area contributed by atoms with Crippen LogP contribution in [0.5, 0.6) is 0 Å². The third kappa shape index (κ3) is 5.08. The maximum atomic E-state index is 4.56. The fourth-order valence-electron chi connectivity index (χ4n) is 2.84. The summed E-state index contributed by atoms with van der Waals surface area (Å²) in [6.07, 6.45) is 12.8. The summed E-state index contributed by atoms with van der Waals surface area (Å²) >= 11 is 1.78. The van der Waals surface area contributed by atoms with Crippen molar-refractivity contribution in [1.82, 2.24) is 10.3 Å². The van der Waals surface area contributed by atoms with Gasteiger partial charge in [-0.15, -0.1) is 11.3 Å². The Morgan fingerprint density at radius 1 is 1.14 bits per heavy atom. The van der Waals surface area contributed by atoms with Crippen molar-refractivity contribution in [2.24, 2.45) is 0 Å². The van der Waals surface area contributed by atoms with Gasteiger partial charge in [-0.05, 0) is 36.5 Å². The molecule has 0 aliphatic carbocycles. The number of fused-ring (bicyclic) bond motifs is 1. The summed E-state index contributed by atoms with van der Waals surface area (Å²) < 4.78 is 1.30. The second kappa shape index (κ2) is 9.16. The van der Waals surface area contributed by atoms with Crippen molar-refractivity contribution in [2.45, 2.75) is 64.3 Å². The summed E-state index contributed by atoms with van der Waals surface area (Å²) in [5, 5.41) is 5.57. The average Bonchev–Trinajstić information content (AvgIpc) is 2.97. The summed E-state index contributed by atoms with van der Waals surface area (Å²) in [6, 6.07) is 4.84. The van der Waals surface area contributed by atoms with Crippen LogP contribution in [0.25, 0.3) is 10.2 Å². The molecule has 1 atom stereocenters. The van der Waals surface area contributed by atoms with Gasteiger partial charge >= 0.3 is 0 Å². The maximum absolute atomic E-state index is 4.56.